The van der Waals surface area contributed by atoms with Crippen molar-refractivity contribution in [3.8, 4) is 11.4 Å². The Balaban J connectivity index is 1.49. The molecule has 4 rings (SSSR count). The number of rotatable bonds is 5. The summed E-state index contributed by atoms with van der Waals surface area (Å²) in [6, 6.07) is 17.4. The molecule has 0 radical (unpaired) electrons. The Bertz CT molecular complexity index is 1100. The van der Waals surface area contributed by atoms with Gasteiger partial charge in [-0.25, -0.2) is 14.3 Å². The highest BCUT2D eigenvalue weighted by Crippen LogP contribution is 2.22. The zero-order valence-corrected chi connectivity index (χ0v) is 16.6. The number of benzene rings is 2. The summed E-state index contributed by atoms with van der Waals surface area (Å²) in [7, 11) is 1.82. The smallest absolute Gasteiger partial charge is 0.254 e. The van der Waals surface area contributed by atoms with E-state index in [1.54, 1.807) is 22.1 Å². The summed E-state index contributed by atoms with van der Waals surface area (Å²) in [5.41, 5.74) is 4.60. The van der Waals surface area contributed by atoms with E-state index < -0.39 is 0 Å². The first-order valence-electron chi connectivity index (χ1n) is 9.38. The first-order valence-corrected chi connectivity index (χ1v) is 9.38. The fraction of sp³-hybridized carbons (Fsp3) is 0.182. The lowest BCUT2D eigenvalue weighted by Gasteiger charge is -2.25. The molecule has 29 heavy (non-hydrogen) atoms. The highest BCUT2D eigenvalue weighted by molar-refractivity contribution is 5.94. The molecule has 7 nitrogen and oxygen atoms in total. The Morgan fingerprint density at radius 2 is 1.66 bits per heavy atom. The minimum atomic E-state index is -0.0691. The number of amides is 1. The van der Waals surface area contributed by atoms with Crippen molar-refractivity contribution in [2.45, 2.75) is 19.9 Å². The fourth-order valence-corrected chi connectivity index (χ4v) is 3.24. The number of hydrogen-bond donors (Lipinski definition) is 0. The molecule has 0 aliphatic rings. The lowest BCUT2D eigenvalue weighted by Crippen LogP contribution is -2.29. The Kier molecular flexibility index (Phi) is 4.95. The van der Waals surface area contributed by atoms with Gasteiger partial charge in [-0.3, -0.25) is 4.79 Å². The maximum atomic E-state index is 13.0. The highest BCUT2D eigenvalue weighted by Gasteiger charge is 2.19. The summed E-state index contributed by atoms with van der Waals surface area (Å²) in [4.78, 5) is 18.7. The number of hydrogen-bond acceptors (Lipinski definition) is 4. The fourth-order valence-electron chi connectivity index (χ4n) is 3.24. The minimum absolute atomic E-state index is 0.0263. The SMILES string of the molecule is Cc1ccnn1-c1ccc(C(=O)N(C)[C@H](C)c2ccc(-n3cncn3)cc2)cc1. The van der Waals surface area contributed by atoms with Gasteiger partial charge in [0.2, 0.25) is 0 Å². The van der Waals surface area contributed by atoms with Crippen LogP contribution >= 0.6 is 0 Å². The van der Waals surface area contributed by atoms with Crippen LogP contribution in [0.5, 0.6) is 0 Å². The van der Waals surface area contributed by atoms with Crippen molar-refractivity contribution >= 4 is 5.91 Å². The quantitative estimate of drug-likeness (QED) is 0.526. The molecular formula is C22H22N6O. The summed E-state index contributed by atoms with van der Waals surface area (Å²) >= 11 is 0. The van der Waals surface area contributed by atoms with E-state index in [9.17, 15) is 4.79 Å². The molecule has 0 saturated heterocycles. The maximum absolute atomic E-state index is 13.0. The van der Waals surface area contributed by atoms with Crippen molar-refractivity contribution in [1.82, 2.24) is 29.4 Å². The average molecular weight is 386 g/mol. The van der Waals surface area contributed by atoms with E-state index >= 15 is 0 Å². The second kappa shape index (κ2) is 7.71. The summed E-state index contributed by atoms with van der Waals surface area (Å²) in [6.07, 6.45) is 4.92. The van der Waals surface area contributed by atoms with Crippen LogP contribution in [0.25, 0.3) is 11.4 Å². The molecule has 1 amide bonds. The minimum Gasteiger partial charge on any atom is -0.335 e. The predicted octanol–water partition coefficient (Wildman–Crippen LogP) is 3.59. The van der Waals surface area contributed by atoms with Crippen LogP contribution < -0.4 is 0 Å². The number of aromatic nitrogens is 5. The largest absolute Gasteiger partial charge is 0.335 e. The molecular weight excluding hydrogens is 364 g/mol. The van der Waals surface area contributed by atoms with Crippen LogP contribution in [-0.2, 0) is 0 Å². The van der Waals surface area contributed by atoms with Crippen LogP contribution in [0, 0.1) is 6.92 Å². The standard InChI is InChI=1S/C22H22N6O/c1-16-12-13-24-28(16)21-10-6-19(7-11-21)22(29)26(3)17(2)18-4-8-20(9-5-18)27-15-23-14-25-27/h4-15,17H,1-3H3/t17-/m1/s1. The van der Waals surface area contributed by atoms with Gasteiger partial charge in [-0.05, 0) is 61.9 Å². The molecule has 2 heterocycles. The van der Waals surface area contributed by atoms with Gasteiger partial charge in [0.1, 0.15) is 12.7 Å². The van der Waals surface area contributed by atoms with Gasteiger partial charge in [0.05, 0.1) is 17.4 Å². The van der Waals surface area contributed by atoms with Crippen LogP contribution in [0.1, 0.15) is 34.6 Å². The summed E-state index contributed by atoms with van der Waals surface area (Å²) in [6.45, 7) is 4.01. The van der Waals surface area contributed by atoms with E-state index in [0.29, 0.717) is 5.56 Å². The molecule has 0 bridgehead atoms. The third kappa shape index (κ3) is 3.67. The van der Waals surface area contributed by atoms with E-state index in [1.165, 1.54) is 6.33 Å². The summed E-state index contributed by atoms with van der Waals surface area (Å²) in [5.74, 6) is -0.0263. The third-order valence-corrected chi connectivity index (χ3v) is 5.15. The molecule has 2 aromatic carbocycles. The first-order chi connectivity index (χ1) is 14.0. The molecule has 2 aromatic heterocycles. The van der Waals surface area contributed by atoms with Crippen LogP contribution in [-0.4, -0.2) is 42.4 Å². The van der Waals surface area contributed by atoms with E-state index in [1.807, 2.05) is 80.2 Å². The number of aryl methyl sites for hydroxylation is 1. The Morgan fingerprint density at radius 3 is 2.24 bits per heavy atom. The Hall–Kier alpha value is -3.74. The first kappa shape index (κ1) is 18.6. The van der Waals surface area contributed by atoms with Crippen molar-refractivity contribution in [2.75, 3.05) is 7.05 Å². The molecule has 0 spiro atoms. The number of carbonyl (C=O) groups is 1. The molecule has 146 valence electrons. The number of carbonyl (C=O) groups excluding carboxylic acids is 1. The molecule has 0 aliphatic heterocycles. The van der Waals surface area contributed by atoms with Crippen molar-refractivity contribution in [3.63, 3.8) is 0 Å². The average Bonchev–Trinajstić information content (AvgIpc) is 3.44. The van der Waals surface area contributed by atoms with Crippen LogP contribution in [0.3, 0.4) is 0 Å². The van der Waals surface area contributed by atoms with Crippen LogP contribution in [0.2, 0.25) is 0 Å². The van der Waals surface area contributed by atoms with Gasteiger partial charge < -0.3 is 4.90 Å². The monoisotopic (exact) mass is 386 g/mol. The molecule has 4 aromatic rings. The lowest BCUT2D eigenvalue weighted by molar-refractivity contribution is 0.0742. The molecule has 7 heteroatoms. The van der Waals surface area contributed by atoms with Gasteiger partial charge in [0, 0.05) is 24.5 Å². The van der Waals surface area contributed by atoms with Crippen molar-refractivity contribution < 1.29 is 4.79 Å². The summed E-state index contributed by atoms with van der Waals surface area (Å²) in [5, 5.41) is 8.43. The second-order valence-electron chi connectivity index (χ2n) is 6.95. The Labute approximate surface area is 169 Å². The Morgan fingerprint density at radius 1 is 0.966 bits per heavy atom. The van der Waals surface area contributed by atoms with Gasteiger partial charge >= 0.3 is 0 Å². The van der Waals surface area contributed by atoms with E-state index in [4.69, 9.17) is 0 Å². The van der Waals surface area contributed by atoms with Gasteiger partial charge in [-0.2, -0.15) is 10.2 Å². The van der Waals surface area contributed by atoms with E-state index in [-0.39, 0.29) is 11.9 Å². The molecule has 0 fully saturated rings. The number of nitrogens with zero attached hydrogens (tertiary/aromatic N) is 6. The predicted molar refractivity (Wildman–Crippen MR) is 110 cm³/mol. The zero-order chi connectivity index (χ0) is 20.4. The topological polar surface area (TPSA) is 68.8 Å². The molecule has 0 N–H and O–H groups in total. The van der Waals surface area contributed by atoms with Gasteiger partial charge in [-0.15, -0.1) is 0 Å². The lowest BCUT2D eigenvalue weighted by atomic mass is 10.1. The summed E-state index contributed by atoms with van der Waals surface area (Å²) < 4.78 is 3.55. The molecule has 0 saturated carbocycles. The second-order valence-corrected chi connectivity index (χ2v) is 6.95. The van der Waals surface area contributed by atoms with Crippen molar-refractivity contribution in [2.24, 2.45) is 0 Å². The zero-order valence-electron chi connectivity index (χ0n) is 16.6. The van der Waals surface area contributed by atoms with Crippen molar-refractivity contribution in [1.29, 1.82) is 0 Å². The van der Waals surface area contributed by atoms with Crippen LogP contribution in [0.15, 0.2) is 73.4 Å². The van der Waals surface area contributed by atoms with Gasteiger partial charge in [0.25, 0.3) is 5.91 Å². The normalized spacial score (nSPS) is 12.0. The third-order valence-electron chi connectivity index (χ3n) is 5.15. The van der Waals surface area contributed by atoms with Crippen LogP contribution in [0.4, 0.5) is 0 Å². The molecule has 0 unspecified atom stereocenters. The van der Waals surface area contributed by atoms with Gasteiger partial charge in [-0.1, -0.05) is 12.1 Å². The van der Waals surface area contributed by atoms with E-state index in [0.717, 1.165) is 22.6 Å². The molecule has 0 aliphatic carbocycles. The van der Waals surface area contributed by atoms with Crippen molar-refractivity contribution in [3.05, 3.63) is 90.3 Å². The highest BCUT2D eigenvalue weighted by atomic mass is 16.2. The maximum Gasteiger partial charge on any atom is 0.254 e. The van der Waals surface area contributed by atoms with E-state index in [2.05, 4.69) is 15.2 Å². The van der Waals surface area contributed by atoms with Gasteiger partial charge in [0.15, 0.2) is 0 Å². The molecule has 1 atom stereocenters.